The molecule has 10 heteroatoms. The Kier molecular flexibility index (Phi) is 7.36. The summed E-state index contributed by atoms with van der Waals surface area (Å²) >= 11 is 1.23. The average molecular weight is 557 g/mol. The monoisotopic (exact) mass is 556 g/mol. The lowest BCUT2D eigenvalue weighted by Gasteiger charge is -2.25. The van der Waals surface area contributed by atoms with Crippen LogP contribution in [0.2, 0.25) is 0 Å². The van der Waals surface area contributed by atoms with Crippen molar-refractivity contribution >= 4 is 29.1 Å². The van der Waals surface area contributed by atoms with E-state index in [4.69, 9.17) is 4.74 Å². The number of hydrogen-bond acceptors (Lipinski definition) is 7. The second kappa shape index (κ2) is 10.9. The van der Waals surface area contributed by atoms with E-state index in [0.29, 0.717) is 37.9 Å². The number of nitrogens with zero attached hydrogens (tertiary/aromatic N) is 4. The van der Waals surface area contributed by atoms with E-state index in [1.165, 1.54) is 23.5 Å². The highest BCUT2D eigenvalue weighted by molar-refractivity contribution is 7.07. The van der Waals surface area contributed by atoms with Crippen molar-refractivity contribution in [3.05, 3.63) is 125 Å². The van der Waals surface area contributed by atoms with Crippen LogP contribution in [-0.4, -0.2) is 26.6 Å². The quantitative estimate of drug-likeness (QED) is 0.188. The highest BCUT2D eigenvalue weighted by atomic mass is 32.1. The maximum absolute atomic E-state index is 13.9. The molecule has 3 heterocycles. The summed E-state index contributed by atoms with van der Waals surface area (Å²) in [6.07, 6.45) is 3.52. The van der Waals surface area contributed by atoms with Crippen molar-refractivity contribution in [2.24, 2.45) is 4.99 Å². The number of nitro groups is 1. The minimum atomic E-state index is -0.692. The number of ether oxygens (including phenoxy) is 1. The molecule has 1 atom stereocenters. The average Bonchev–Trinajstić information content (AvgIpc) is 3.52. The number of benzene rings is 2. The Bertz CT molecular complexity index is 1830. The smallest absolute Gasteiger partial charge is 0.338 e. The summed E-state index contributed by atoms with van der Waals surface area (Å²) in [7, 11) is 0. The molecule has 0 saturated carbocycles. The number of fused-ring (bicyclic) bond motifs is 1. The second-order valence-electron chi connectivity index (χ2n) is 9.70. The van der Waals surface area contributed by atoms with Crippen LogP contribution in [0.25, 0.3) is 11.8 Å². The van der Waals surface area contributed by atoms with Crippen molar-refractivity contribution in [2.75, 3.05) is 6.61 Å². The van der Waals surface area contributed by atoms with Gasteiger partial charge in [0.25, 0.3) is 11.2 Å². The van der Waals surface area contributed by atoms with Gasteiger partial charge >= 0.3 is 5.97 Å². The first kappa shape index (κ1) is 27.0. The van der Waals surface area contributed by atoms with Crippen molar-refractivity contribution in [1.29, 1.82) is 0 Å². The number of aromatic nitrogens is 2. The number of esters is 1. The number of nitro benzene ring substituents is 1. The minimum Gasteiger partial charge on any atom is -0.463 e. The zero-order valence-electron chi connectivity index (χ0n) is 22.5. The van der Waals surface area contributed by atoms with Crippen LogP contribution in [0.5, 0.6) is 0 Å². The lowest BCUT2D eigenvalue weighted by atomic mass is 9.93. The predicted molar refractivity (Wildman–Crippen MR) is 153 cm³/mol. The fraction of sp³-hybridized carbons (Fsp3) is 0.233. The Balaban J connectivity index is 1.67. The van der Waals surface area contributed by atoms with Gasteiger partial charge < -0.3 is 9.30 Å². The Labute approximate surface area is 234 Å². The summed E-state index contributed by atoms with van der Waals surface area (Å²) in [5.74, 6) is -0.171. The Morgan fingerprint density at radius 1 is 1.18 bits per heavy atom. The molecule has 0 radical (unpaired) electrons. The molecule has 2 aromatic carbocycles. The number of allylic oxidation sites excluding steroid dienone is 1. The molecule has 1 unspecified atom stereocenters. The van der Waals surface area contributed by atoms with Gasteiger partial charge in [0.1, 0.15) is 0 Å². The van der Waals surface area contributed by atoms with E-state index in [9.17, 15) is 19.7 Å². The van der Waals surface area contributed by atoms with Gasteiger partial charge in [-0.25, -0.2) is 9.79 Å². The van der Waals surface area contributed by atoms with Crippen LogP contribution in [0.3, 0.4) is 0 Å². The summed E-state index contributed by atoms with van der Waals surface area (Å²) in [5.41, 5.74) is 3.73. The van der Waals surface area contributed by atoms with Crippen LogP contribution in [0.1, 0.15) is 56.5 Å². The van der Waals surface area contributed by atoms with Crippen molar-refractivity contribution in [3.8, 4) is 5.69 Å². The molecular weight excluding hydrogens is 528 g/mol. The van der Waals surface area contributed by atoms with Crippen LogP contribution >= 0.6 is 11.3 Å². The van der Waals surface area contributed by atoms with Crippen molar-refractivity contribution in [1.82, 2.24) is 9.13 Å². The molecule has 40 heavy (non-hydrogen) atoms. The van der Waals surface area contributed by atoms with Crippen LogP contribution in [0.4, 0.5) is 5.69 Å². The van der Waals surface area contributed by atoms with Gasteiger partial charge in [0.15, 0.2) is 4.80 Å². The maximum atomic E-state index is 13.9. The van der Waals surface area contributed by atoms with Gasteiger partial charge in [-0.15, -0.1) is 0 Å². The second-order valence-corrected chi connectivity index (χ2v) is 10.7. The lowest BCUT2D eigenvalue weighted by Crippen LogP contribution is -2.40. The molecule has 0 amide bonds. The largest absolute Gasteiger partial charge is 0.463 e. The summed E-state index contributed by atoms with van der Waals surface area (Å²) in [6.45, 7) is 7.91. The molecule has 0 spiro atoms. The number of rotatable bonds is 7. The molecule has 204 valence electrons. The maximum Gasteiger partial charge on any atom is 0.338 e. The normalized spacial score (nSPS) is 15.2. The molecule has 1 aliphatic heterocycles. The van der Waals surface area contributed by atoms with Gasteiger partial charge in [-0.3, -0.25) is 19.5 Å². The first-order valence-corrected chi connectivity index (χ1v) is 13.7. The number of thiazole rings is 1. The molecule has 0 N–H and O–H groups in total. The van der Waals surface area contributed by atoms with E-state index < -0.39 is 16.9 Å². The van der Waals surface area contributed by atoms with E-state index in [2.05, 4.69) is 18.8 Å². The summed E-state index contributed by atoms with van der Waals surface area (Å²) in [5, 5.41) is 11.3. The highest BCUT2D eigenvalue weighted by Gasteiger charge is 2.33. The summed E-state index contributed by atoms with van der Waals surface area (Å²) in [4.78, 5) is 43.0. The van der Waals surface area contributed by atoms with Gasteiger partial charge in [0.2, 0.25) is 0 Å². The van der Waals surface area contributed by atoms with Gasteiger partial charge in [0.05, 0.1) is 39.1 Å². The van der Waals surface area contributed by atoms with Gasteiger partial charge in [-0.05, 0) is 55.2 Å². The molecule has 1 aliphatic rings. The Morgan fingerprint density at radius 2 is 1.93 bits per heavy atom. The van der Waals surface area contributed by atoms with Crippen LogP contribution in [-0.2, 0) is 9.53 Å². The molecule has 5 rings (SSSR count). The SMILES string of the molecule is CCOC(=O)C1=C(C)N=c2sc(=Cc3cccn3-c3cccc([N+](=O)[O-])c3)c(=O)n2C1c1ccc(C(C)C)cc1. The molecule has 0 fully saturated rings. The zero-order chi connectivity index (χ0) is 28.6. The van der Waals surface area contributed by atoms with E-state index in [1.807, 2.05) is 36.4 Å². The van der Waals surface area contributed by atoms with Crippen LogP contribution < -0.4 is 14.9 Å². The fourth-order valence-electron chi connectivity index (χ4n) is 4.81. The third-order valence-corrected chi connectivity index (χ3v) is 7.80. The number of non-ortho nitro benzene ring substituents is 1. The van der Waals surface area contributed by atoms with E-state index in [0.717, 1.165) is 11.1 Å². The fourth-order valence-corrected chi connectivity index (χ4v) is 5.84. The molecule has 0 saturated heterocycles. The molecule has 4 aromatic rings. The van der Waals surface area contributed by atoms with Gasteiger partial charge in [0, 0.05) is 24.0 Å². The van der Waals surface area contributed by atoms with E-state index >= 15 is 0 Å². The van der Waals surface area contributed by atoms with Gasteiger partial charge in [-0.2, -0.15) is 0 Å². The molecular formula is C30H28N4O5S. The van der Waals surface area contributed by atoms with Crippen LogP contribution in [0, 0.1) is 10.1 Å². The van der Waals surface area contributed by atoms with Crippen molar-refractivity contribution < 1.29 is 14.5 Å². The molecule has 0 aliphatic carbocycles. The summed E-state index contributed by atoms with van der Waals surface area (Å²) < 4.78 is 9.13. The first-order valence-electron chi connectivity index (χ1n) is 12.9. The highest BCUT2D eigenvalue weighted by Crippen LogP contribution is 2.31. The number of carbonyl (C=O) groups excluding carboxylic acids is 1. The minimum absolute atomic E-state index is 0.0259. The Hall–Kier alpha value is -4.57. The van der Waals surface area contributed by atoms with Gasteiger partial charge in [-0.1, -0.05) is 55.5 Å². The van der Waals surface area contributed by atoms with Crippen molar-refractivity contribution in [3.63, 3.8) is 0 Å². The summed E-state index contributed by atoms with van der Waals surface area (Å²) in [6, 6.07) is 17.2. The van der Waals surface area contributed by atoms with Crippen LogP contribution in [0.15, 0.2) is 87.9 Å². The standard InChI is InChI=1S/C30H28N4O5S/c1-5-39-29(36)26-19(4)31-30-33(27(26)21-13-11-20(12-14-21)18(2)3)28(35)25(40-30)17-23-10-7-15-32(23)22-8-6-9-24(16-22)34(37)38/h6-18,27H,5H2,1-4H3. The lowest BCUT2D eigenvalue weighted by molar-refractivity contribution is -0.384. The Morgan fingerprint density at radius 3 is 2.60 bits per heavy atom. The van der Waals surface area contributed by atoms with Crippen molar-refractivity contribution in [2.45, 2.75) is 39.7 Å². The number of hydrogen-bond donors (Lipinski definition) is 0. The van der Waals surface area contributed by atoms with E-state index in [-0.39, 0.29) is 17.9 Å². The predicted octanol–water partition coefficient (Wildman–Crippen LogP) is 4.62. The first-order chi connectivity index (χ1) is 19.2. The molecule has 0 bridgehead atoms. The third-order valence-electron chi connectivity index (χ3n) is 6.81. The molecule has 2 aromatic heterocycles. The zero-order valence-corrected chi connectivity index (χ0v) is 23.3. The number of carbonyl (C=O) groups is 1. The third kappa shape index (κ3) is 4.93. The topological polar surface area (TPSA) is 109 Å². The molecule has 9 nitrogen and oxygen atoms in total. The van der Waals surface area contributed by atoms with E-state index in [1.54, 1.807) is 47.4 Å².